The van der Waals surface area contributed by atoms with Gasteiger partial charge in [0.2, 0.25) is 0 Å². The molecule has 1 aliphatic rings. The largest absolute Gasteiger partial charge is 0.377 e. The minimum absolute atomic E-state index is 0.0470. The normalized spacial score (nSPS) is 19.9. The van der Waals surface area contributed by atoms with Crippen molar-refractivity contribution in [2.45, 2.75) is 71.1 Å². The summed E-state index contributed by atoms with van der Waals surface area (Å²) in [5.41, 5.74) is 6.47. The third-order valence-electron chi connectivity index (χ3n) is 4.46. The summed E-state index contributed by atoms with van der Waals surface area (Å²) in [6.07, 6.45) is 11.4. The van der Waals surface area contributed by atoms with Crippen molar-refractivity contribution in [1.29, 1.82) is 0 Å². The van der Waals surface area contributed by atoms with E-state index in [1.165, 1.54) is 32.1 Å². The van der Waals surface area contributed by atoms with Crippen LogP contribution in [0.1, 0.15) is 51.8 Å². The Kier molecular flexibility index (Phi) is 6.05. The van der Waals surface area contributed by atoms with E-state index < -0.39 is 0 Å². The molecule has 2 unspecified atom stereocenters. The Bertz CT molecular complexity index is 385. The van der Waals surface area contributed by atoms with Crippen molar-refractivity contribution in [3.63, 3.8) is 0 Å². The average Bonchev–Trinajstić information content (AvgIpc) is 2.92. The minimum atomic E-state index is 0.0470. The summed E-state index contributed by atoms with van der Waals surface area (Å²) in [4.78, 5) is 4.44. The number of nitrogens with zero attached hydrogens (tertiary/aromatic N) is 2. The van der Waals surface area contributed by atoms with Crippen LogP contribution in [0, 0.1) is 5.92 Å². The molecule has 1 aliphatic carbocycles. The minimum Gasteiger partial charge on any atom is -0.377 e. The van der Waals surface area contributed by atoms with Gasteiger partial charge in [0.25, 0.3) is 0 Å². The number of imidazole rings is 1. The second-order valence-corrected chi connectivity index (χ2v) is 5.82. The van der Waals surface area contributed by atoms with Crippen LogP contribution in [0.15, 0.2) is 12.4 Å². The van der Waals surface area contributed by atoms with Crippen LogP contribution in [-0.4, -0.2) is 28.3 Å². The molecule has 20 heavy (non-hydrogen) atoms. The summed E-state index contributed by atoms with van der Waals surface area (Å²) < 4.78 is 8.17. The van der Waals surface area contributed by atoms with E-state index in [-0.39, 0.29) is 12.1 Å². The lowest BCUT2D eigenvalue weighted by Crippen LogP contribution is -2.44. The molecule has 1 fully saturated rings. The highest BCUT2D eigenvalue weighted by Crippen LogP contribution is 2.29. The Hall–Kier alpha value is -0.870. The first-order chi connectivity index (χ1) is 9.76. The molecule has 4 nitrogen and oxygen atoms in total. The average molecular weight is 279 g/mol. The van der Waals surface area contributed by atoms with E-state index >= 15 is 0 Å². The van der Waals surface area contributed by atoms with Gasteiger partial charge in [-0.3, -0.25) is 0 Å². The fourth-order valence-corrected chi connectivity index (χ4v) is 3.41. The predicted molar refractivity (Wildman–Crippen MR) is 81.6 cm³/mol. The first kappa shape index (κ1) is 15.5. The number of aryl methyl sites for hydroxylation is 1. The van der Waals surface area contributed by atoms with Crippen molar-refractivity contribution in [3.05, 3.63) is 18.2 Å². The zero-order chi connectivity index (χ0) is 14.4. The molecular weight excluding hydrogens is 250 g/mol. The molecule has 0 saturated heterocycles. The maximum atomic E-state index is 6.47. The zero-order valence-corrected chi connectivity index (χ0v) is 12.9. The van der Waals surface area contributed by atoms with E-state index in [0.29, 0.717) is 5.92 Å². The molecular formula is C16H29N3O. The van der Waals surface area contributed by atoms with Gasteiger partial charge in [-0.1, -0.05) is 19.3 Å². The fourth-order valence-electron chi connectivity index (χ4n) is 3.41. The van der Waals surface area contributed by atoms with Crippen molar-refractivity contribution in [3.8, 4) is 0 Å². The highest BCUT2D eigenvalue weighted by Gasteiger charge is 2.29. The fraction of sp³-hybridized carbons (Fsp3) is 0.812. The van der Waals surface area contributed by atoms with Gasteiger partial charge >= 0.3 is 0 Å². The third kappa shape index (κ3) is 3.83. The van der Waals surface area contributed by atoms with Crippen LogP contribution in [0.4, 0.5) is 0 Å². The summed E-state index contributed by atoms with van der Waals surface area (Å²) in [5.74, 6) is 1.71. The first-order valence-corrected chi connectivity index (χ1v) is 8.13. The summed E-state index contributed by atoms with van der Waals surface area (Å²) in [6, 6.07) is 0.0470. The molecule has 2 rings (SSSR count). The molecule has 2 atom stereocenters. The van der Waals surface area contributed by atoms with Crippen molar-refractivity contribution in [1.82, 2.24) is 9.55 Å². The summed E-state index contributed by atoms with van der Waals surface area (Å²) in [7, 11) is 0. The molecule has 1 heterocycles. The second kappa shape index (κ2) is 7.79. The lowest BCUT2D eigenvalue weighted by Gasteiger charge is -2.33. The van der Waals surface area contributed by atoms with Gasteiger partial charge in [-0.05, 0) is 32.6 Å². The van der Waals surface area contributed by atoms with Crippen LogP contribution in [0.2, 0.25) is 0 Å². The van der Waals surface area contributed by atoms with Gasteiger partial charge < -0.3 is 15.0 Å². The second-order valence-electron chi connectivity index (χ2n) is 5.82. The highest BCUT2D eigenvalue weighted by molar-refractivity contribution is 4.97. The standard InChI is InChI=1S/C16H29N3O/c1-3-19-11-10-18-15(19)12-14(17)16(20-4-2)13-8-6-5-7-9-13/h10-11,13-14,16H,3-9,12,17H2,1-2H3. The van der Waals surface area contributed by atoms with Crippen LogP contribution >= 0.6 is 0 Å². The molecule has 1 aromatic heterocycles. The van der Waals surface area contributed by atoms with Gasteiger partial charge in [-0.2, -0.15) is 0 Å². The van der Waals surface area contributed by atoms with Gasteiger partial charge in [0, 0.05) is 38.0 Å². The molecule has 2 N–H and O–H groups in total. The van der Waals surface area contributed by atoms with Crippen LogP contribution in [-0.2, 0) is 17.7 Å². The Morgan fingerprint density at radius 2 is 2.10 bits per heavy atom. The Labute approximate surface area is 122 Å². The van der Waals surface area contributed by atoms with Crippen LogP contribution < -0.4 is 5.73 Å². The Morgan fingerprint density at radius 1 is 1.35 bits per heavy atom. The maximum absolute atomic E-state index is 6.47. The lowest BCUT2D eigenvalue weighted by molar-refractivity contribution is -0.00960. The van der Waals surface area contributed by atoms with E-state index in [9.17, 15) is 0 Å². The smallest absolute Gasteiger partial charge is 0.110 e. The SMILES string of the molecule is CCOC(C(N)Cc1nccn1CC)C1CCCCC1. The van der Waals surface area contributed by atoms with Crippen molar-refractivity contribution in [2.24, 2.45) is 11.7 Å². The zero-order valence-electron chi connectivity index (χ0n) is 12.9. The molecule has 0 aromatic carbocycles. The van der Waals surface area contributed by atoms with Gasteiger partial charge in [-0.15, -0.1) is 0 Å². The number of ether oxygens (including phenoxy) is 1. The predicted octanol–water partition coefficient (Wildman–Crippen LogP) is 2.76. The van der Waals surface area contributed by atoms with Crippen molar-refractivity contribution in [2.75, 3.05) is 6.61 Å². The quantitative estimate of drug-likeness (QED) is 0.835. The summed E-state index contributed by atoms with van der Waals surface area (Å²) in [6.45, 7) is 5.90. The molecule has 1 aromatic rings. The number of aromatic nitrogens is 2. The topological polar surface area (TPSA) is 53.1 Å². The summed E-state index contributed by atoms with van der Waals surface area (Å²) in [5, 5.41) is 0. The Morgan fingerprint density at radius 3 is 2.75 bits per heavy atom. The van der Waals surface area contributed by atoms with Gasteiger partial charge in [0.15, 0.2) is 0 Å². The van der Waals surface area contributed by atoms with Gasteiger partial charge in [0.05, 0.1) is 6.10 Å². The first-order valence-electron chi connectivity index (χ1n) is 8.13. The molecule has 0 bridgehead atoms. The van der Waals surface area contributed by atoms with Gasteiger partial charge in [-0.25, -0.2) is 4.98 Å². The molecule has 0 aliphatic heterocycles. The molecule has 0 spiro atoms. The van der Waals surface area contributed by atoms with Crippen molar-refractivity contribution >= 4 is 0 Å². The van der Waals surface area contributed by atoms with Crippen LogP contribution in [0.25, 0.3) is 0 Å². The summed E-state index contributed by atoms with van der Waals surface area (Å²) >= 11 is 0. The van der Waals surface area contributed by atoms with Gasteiger partial charge in [0.1, 0.15) is 5.82 Å². The molecule has 1 saturated carbocycles. The lowest BCUT2D eigenvalue weighted by atomic mass is 9.82. The highest BCUT2D eigenvalue weighted by atomic mass is 16.5. The number of rotatable bonds is 7. The van der Waals surface area contributed by atoms with Crippen LogP contribution in [0.5, 0.6) is 0 Å². The number of hydrogen-bond donors (Lipinski definition) is 1. The van der Waals surface area contributed by atoms with E-state index in [2.05, 4.69) is 23.4 Å². The molecule has 0 amide bonds. The third-order valence-corrected chi connectivity index (χ3v) is 4.46. The molecule has 114 valence electrons. The van der Waals surface area contributed by atoms with E-state index in [0.717, 1.165) is 25.4 Å². The number of hydrogen-bond acceptors (Lipinski definition) is 3. The van der Waals surface area contributed by atoms with E-state index in [1.807, 2.05) is 12.4 Å². The van der Waals surface area contributed by atoms with Crippen molar-refractivity contribution < 1.29 is 4.74 Å². The monoisotopic (exact) mass is 279 g/mol. The maximum Gasteiger partial charge on any atom is 0.110 e. The Balaban J connectivity index is 2.00. The molecule has 0 radical (unpaired) electrons. The number of nitrogens with two attached hydrogens (primary N) is 1. The van der Waals surface area contributed by atoms with E-state index in [4.69, 9.17) is 10.5 Å². The van der Waals surface area contributed by atoms with Crippen LogP contribution in [0.3, 0.4) is 0 Å². The van der Waals surface area contributed by atoms with E-state index in [1.54, 1.807) is 0 Å². The molecule has 4 heteroatoms.